The van der Waals surface area contributed by atoms with Crippen LogP contribution in [0.15, 0.2) is 6.20 Å². The van der Waals surface area contributed by atoms with Crippen molar-refractivity contribution >= 4 is 11.5 Å². The summed E-state index contributed by atoms with van der Waals surface area (Å²) in [5.41, 5.74) is 5.78. The molecule has 1 fully saturated rings. The monoisotopic (exact) mass is 253 g/mol. The zero-order valence-electron chi connectivity index (χ0n) is 10.5. The van der Waals surface area contributed by atoms with Crippen LogP contribution in [-0.4, -0.2) is 27.3 Å². The van der Waals surface area contributed by atoms with Crippen molar-refractivity contribution in [1.29, 1.82) is 0 Å². The Hall–Kier alpha value is -1.63. The maximum Gasteiger partial charge on any atom is 0.330 e. The van der Waals surface area contributed by atoms with Crippen molar-refractivity contribution < 1.29 is 4.92 Å². The van der Waals surface area contributed by atoms with E-state index in [2.05, 4.69) is 10.4 Å². The van der Waals surface area contributed by atoms with Gasteiger partial charge in [0.1, 0.15) is 6.20 Å². The van der Waals surface area contributed by atoms with Gasteiger partial charge in [0, 0.05) is 13.1 Å². The molecule has 7 nitrogen and oxygen atoms in total. The lowest BCUT2D eigenvalue weighted by Crippen LogP contribution is -2.37. The van der Waals surface area contributed by atoms with Gasteiger partial charge in [-0.1, -0.05) is 12.8 Å². The van der Waals surface area contributed by atoms with E-state index < -0.39 is 4.92 Å². The number of rotatable bonds is 4. The molecule has 2 atom stereocenters. The lowest BCUT2D eigenvalue weighted by Gasteiger charge is -2.31. The van der Waals surface area contributed by atoms with Gasteiger partial charge in [-0.15, -0.1) is 5.10 Å². The molecule has 0 bridgehead atoms. The first-order chi connectivity index (χ1) is 8.61. The molecule has 1 aliphatic rings. The number of nitro groups is 1. The number of hydrogen-bond acceptors (Lipinski definition) is 5. The van der Waals surface area contributed by atoms with Crippen LogP contribution >= 0.6 is 0 Å². The predicted molar refractivity (Wildman–Crippen MR) is 68.3 cm³/mol. The smallest absolute Gasteiger partial charge is 0.330 e. The summed E-state index contributed by atoms with van der Waals surface area (Å²) >= 11 is 0. The second-order valence-electron chi connectivity index (χ2n) is 4.82. The SMILES string of the molecule is Cn1cc([N+](=O)[O-])c(NC2CCCCC2CN)n1. The van der Waals surface area contributed by atoms with Crippen molar-refractivity contribution in [2.75, 3.05) is 11.9 Å². The lowest BCUT2D eigenvalue weighted by molar-refractivity contribution is -0.384. The average Bonchev–Trinajstić information content (AvgIpc) is 2.71. The molecular weight excluding hydrogens is 234 g/mol. The first-order valence-corrected chi connectivity index (χ1v) is 6.26. The molecule has 0 amide bonds. The van der Waals surface area contributed by atoms with Crippen molar-refractivity contribution in [3.05, 3.63) is 16.3 Å². The van der Waals surface area contributed by atoms with Gasteiger partial charge in [0.2, 0.25) is 5.82 Å². The van der Waals surface area contributed by atoms with E-state index in [4.69, 9.17) is 5.73 Å². The Morgan fingerprint density at radius 3 is 3.00 bits per heavy atom. The minimum absolute atomic E-state index is 0.0267. The fourth-order valence-electron chi connectivity index (χ4n) is 2.57. The first-order valence-electron chi connectivity index (χ1n) is 6.26. The molecule has 0 radical (unpaired) electrons. The number of nitrogens with one attached hydrogen (secondary N) is 1. The molecule has 0 aromatic carbocycles. The molecule has 2 unspecified atom stereocenters. The lowest BCUT2D eigenvalue weighted by atomic mass is 9.84. The van der Waals surface area contributed by atoms with Crippen LogP contribution in [-0.2, 0) is 7.05 Å². The molecule has 1 saturated carbocycles. The highest BCUT2D eigenvalue weighted by Gasteiger charge is 2.27. The second-order valence-corrected chi connectivity index (χ2v) is 4.82. The first kappa shape index (κ1) is 12.8. The maximum absolute atomic E-state index is 10.9. The number of nitrogens with two attached hydrogens (primary N) is 1. The molecule has 1 aromatic rings. The molecule has 0 saturated heterocycles. The molecule has 1 aromatic heterocycles. The van der Waals surface area contributed by atoms with Gasteiger partial charge in [-0.2, -0.15) is 0 Å². The highest BCUT2D eigenvalue weighted by Crippen LogP contribution is 2.29. The van der Waals surface area contributed by atoms with E-state index >= 15 is 0 Å². The summed E-state index contributed by atoms with van der Waals surface area (Å²) in [4.78, 5) is 10.5. The van der Waals surface area contributed by atoms with Crippen LogP contribution in [0, 0.1) is 16.0 Å². The third kappa shape index (κ3) is 2.61. The fraction of sp³-hybridized carbons (Fsp3) is 0.727. The summed E-state index contributed by atoms with van der Waals surface area (Å²) in [6.07, 6.45) is 5.81. The number of hydrogen-bond donors (Lipinski definition) is 2. The number of aromatic nitrogens is 2. The van der Waals surface area contributed by atoms with Gasteiger partial charge >= 0.3 is 5.69 Å². The normalized spacial score (nSPS) is 23.9. The fourth-order valence-corrected chi connectivity index (χ4v) is 2.57. The van der Waals surface area contributed by atoms with Crippen LogP contribution in [0.3, 0.4) is 0 Å². The summed E-state index contributed by atoms with van der Waals surface area (Å²) in [6, 6.07) is 0.192. The van der Waals surface area contributed by atoms with Crippen molar-refractivity contribution in [3.8, 4) is 0 Å². The van der Waals surface area contributed by atoms with Crippen LogP contribution < -0.4 is 11.1 Å². The van der Waals surface area contributed by atoms with Gasteiger partial charge in [0.25, 0.3) is 0 Å². The third-order valence-corrected chi connectivity index (χ3v) is 3.54. The molecule has 7 heteroatoms. The largest absolute Gasteiger partial charge is 0.360 e. The third-order valence-electron chi connectivity index (χ3n) is 3.54. The van der Waals surface area contributed by atoms with Crippen LogP contribution in [0.4, 0.5) is 11.5 Å². The van der Waals surface area contributed by atoms with E-state index in [9.17, 15) is 10.1 Å². The van der Waals surface area contributed by atoms with E-state index in [0.29, 0.717) is 18.3 Å². The number of anilines is 1. The highest BCUT2D eigenvalue weighted by molar-refractivity contribution is 5.55. The zero-order valence-corrected chi connectivity index (χ0v) is 10.5. The summed E-state index contributed by atoms with van der Waals surface area (Å²) < 4.78 is 1.46. The van der Waals surface area contributed by atoms with Gasteiger partial charge in [0.15, 0.2) is 0 Å². The van der Waals surface area contributed by atoms with Gasteiger partial charge in [-0.05, 0) is 25.3 Å². The van der Waals surface area contributed by atoms with Crippen molar-refractivity contribution in [1.82, 2.24) is 9.78 Å². The quantitative estimate of drug-likeness (QED) is 0.621. The molecule has 100 valence electrons. The van der Waals surface area contributed by atoms with Crippen LogP contribution in [0.5, 0.6) is 0 Å². The standard InChI is InChI=1S/C11H19N5O2/c1-15-7-10(16(17)18)11(14-15)13-9-5-3-2-4-8(9)6-12/h7-9H,2-6,12H2,1H3,(H,13,14). The topological polar surface area (TPSA) is 99.0 Å². The summed E-state index contributed by atoms with van der Waals surface area (Å²) in [6.45, 7) is 0.609. The maximum atomic E-state index is 10.9. The Labute approximate surface area is 105 Å². The number of aryl methyl sites for hydroxylation is 1. The Balaban J connectivity index is 2.14. The molecular formula is C11H19N5O2. The van der Waals surface area contributed by atoms with E-state index in [-0.39, 0.29) is 11.7 Å². The van der Waals surface area contributed by atoms with E-state index in [1.54, 1.807) is 7.05 Å². The van der Waals surface area contributed by atoms with Crippen molar-refractivity contribution in [3.63, 3.8) is 0 Å². The van der Waals surface area contributed by atoms with Crippen molar-refractivity contribution in [2.45, 2.75) is 31.7 Å². The molecule has 0 spiro atoms. The predicted octanol–water partition coefficient (Wildman–Crippen LogP) is 1.26. The zero-order chi connectivity index (χ0) is 13.1. The molecule has 1 aliphatic carbocycles. The van der Waals surface area contributed by atoms with Crippen LogP contribution in [0.2, 0.25) is 0 Å². The van der Waals surface area contributed by atoms with Crippen LogP contribution in [0.1, 0.15) is 25.7 Å². The molecule has 3 N–H and O–H groups in total. The summed E-state index contributed by atoms with van der Waals surface area (Å²) in [7, 11) is 1.68. The average molecular weight is 253 g/mol. The van der Waals surface area contributed by atoms with Gasteiger partial charge in [-0.3, -0.25) is 14.8 Å². The Morgan fingerprint density at radius 1 is 1.61 bits per heavy atom. The Kier molecular flexibility index (Phi) is 3.81. The Morgan fingerprint density at radius 2 is 2.33 bits per heavy atom. The summed E-state index contributed by atoms with van der Waals surface area (Å²) in [5.74, 6) is 0.730. The molecule has 0 aliphatic heterocycles. The molecule has 1 heterocycles. The van der Waals surface area contributed by atoms with E-state index in [1.165, 1.54) is 17.3 Å². The van der Waals surface area contributed by atoms with Gasteiger partial charge in [-0.25, -0.2) is 0 Å². The van der Waals surface area contributed by atoms with E-state index in [0.717, 1.165) is 19.3 Å². The van der Waals surface area contributed by atoms with Gasteiger partial charge in [0.05, 0.1) is 4.92 Å². The minimum Gasteiger partial charge on any atom is -0.360 e. The number of nitrogens with zero attached hydrogens (tertiary/aromatic N) is 3. The molecule has 2 rings (SSSR count). The van der Waals surface area contributed by atoms with E-state index in [1.807, 2.05) is 0 Å². The second kappa shape index (κ2) is 5.34. The van der Waals surface area contributed by atoms with Crippen LogP contribution in [0.25, 0.3) is 0 Å². The Bertz CT molecular complexity index is 431. The summed E-state index contributed by atoms with van der Waals surface area (Å²) in [5, 5.41) is 18.2. The molecule has 18 heavy (non-hydrogen) atoms. The highest BCUT2D eigenvalue weighted by atomic mass is 16.6. The van der Waals surface area contributed by atoms with Crippen molar-refractivity contribution in [2.24, 2.45) is 18.7 Å². The van der Waals surface area contributed by atoms with Gasteiger partial charge < -0.3 is 11.1 Å². The minimum atomic E-state index is -0.407.